The lowest BCUT2D eigenvalue weighted by Crippen LogP contribution is -2.35. The molecule has 7 heteroatoms. The molecule has 1 rings (SSSR count). The maximum atomic E-state index is 12.2. The molecule has 0 atom stereocenters. The van der Waals surface area contributed by atoms with Gasteiger partial charge < -0.3 is 5.11 Å². The SMILES string of the molecule is CCN(CC(=O)O)S(=O)(=O)c1cccc(C(C)=O)c1. The summed E-state index contributed by atoms with van der Waals surface area (Å²) in [5, 5.41) is 8.71. The van der Waals surface area contributed by atoms with Crippen LogP contribution >= 0.6 is 0 Å². The van der Waals surface area contributed by atoms with Crippen molar-refractivity contribution in [3.05, 3.63) is 29.8 Å². The summed E-state index contributed by atoms with van der Waals surface area (Å²) >= 11 is 0. The lowest BCUT2D eigenvalue weighted by Gasteiger charge is -2.18. The number of nitrogens with zero attached hydrogens (tertiary/aromatic N) is 1. The Morgan fingerprint density at radius 1 is 1.32 bits per heavy atom. The van der Waals surface area contributed by atoms with E-state index in [1.807, 2.05) is 0 Å². The molecule has 19 heavy (non-hydrogen) atoms. The molecule has 1 aromatic rings. The van der Waals surface area contributed by atoms with Crippen LogP contribution in [0.15, 0.2) is 29.2 Å². The van der Waals surface area contributed by atoms with Crippen molar-refractivity contribution in [3.8, 4) is 0 Å². The zero-order valence-corrected chi connectivity index (χ0v) is 11.5. The van der Waals surface area contributed by atoms with E-state index < -0.39 is 22.5 Å². The monoisotopic (exact) mass is 285 g/mol. The molecule has 104 valence electrons. The first-order chi connectivity index (χ1) is 8.78. The van der Waals surface area contributed by atoms with Crippen LogP contribution in [0.25, 0.3) is 0 Å². The number of carboxylic acids is 1. The number of sulfonamides is 1. The number of hydrogen-bond acceptors (Lipinski definition) is 4. The average Bonchev–Trinajstić information content (AvgIpc) is 2.35. The van der Waals surface area contributed by atoms with E-state index in [0.29, 0.717) is 0 Å². The van der Waals surface area contributed by atoms with Crippen LogP contribution in [0.2, 0.25) is 0 Å². The number of carboxylic acid groups (broad SMARTS) is 1. The number of hydrogen-bond donors (Lipinski definition) is 1. The van der Waals surface area contributed by atoms with Crippen LogP contribution in [-0.4, -0.2) is 42.7 Å². The molecular weight excluding hydrogens is 270 g/mol. The van der Waals surface area contributed by atoms with E-state index in [1.165, 1.54) is 31.2 Å². The molecule has 0 fully saturated rings. The lowest BCUT2D eigenvalue weighted by atomic mass is 10.2. The van der Waals surface area contributed by atoms with Gasteiger partial charge in [-0.25, -0.2) is 8.42 Å². The molecule has 6 nitrogen and oxygen atoms in total. The minimum Gasteiger partial charge on any atom is -0.480 e. The Morgan fingerprint density at radius 3 is 2.42 bits per heavy atom. The van der Waals surface area contributed by atoms with E-state index in [2.05, 4.69) is 0 Å². The van der Waals surface area contributed by atoms with E-state index in [0.717, 1.165) is 4.31 Å². The Labute approximate surface area is 111 Å². The fourth-order valence-corrected chi connectivity index (χ4v) is 2.99. The Morgan fingerprint density at radius 2 is 1.95 bits per heavy atom. The van der Waals surface area contributed by atoms with E-state index in [-0.39, 0.29) is 22.8 Å². The maximum absolute atomic E-state index is 12.2. The summed E-state index contributed by atoms with van der Waals surface area (Å²) in [4.78, 5) is 21.8. The molecule has 0 saturated carbocycles. The van der Waals surface area contributed by atoms with Crippen LogP contribution < -0.4 is 0 Å². The molecule has 0 aliphatic carbocycles. The molecule has 0 aliphatic heterocycles. The number of rotatable bonds is 6. The Kier molecular flexibility index (Phi) is 4.79. The molecule has 0 amide bonds. The Bertz CT molecular complexity index is 594. The van der Waals surface area contributed by atoms with Gasteiger partial charge in [0.15, 0.2) is 5.78 Å². The first kappa shape index (κ1) is 15.3. The highest BCUT2D eigenvalue weighted by Gasteiger charge is 2.25. The second kappa shape index (κ2) is 5.94. The van der Waals surface area contributed by atoms with E-state index in [9.17, 15) is 18.0 Å². The van der Waals surface area contributed by atoms with Crippen molar-refractivity contribution in [1.29, 1.82) is 0 Å². The fraction of sp³-hybridized carbons (Fsp3) is 0.333. The minimum absolute atomic E-state index is 0.0406. The third-order valence-corrected chi connectivity index (χ3v) is 4.46. The molecule has 0 heterocycles. The molecule has 0 bridgehead atoms. The lowest BCUT2D eigenvalue weighted by molar-refractivity contribution is -0.137. The summed E-state index contributed by atoms with van der Waals surface area (Å²) in [5.41, 5.74) is 0.271. The molecule has 0 radical (unpaired) electrons. The molecule has 0 saturated heterocycles. The number of ketones is 1. The summed E-state index contributed by atoms with van der Waals surface area (Å²) in [5.74, 6) is -1.48. The second-order valence-electron chi connectivity index (χ2n) is 3.91. The van der Waals surface area contributed by atoms with Gasteiger partial charge in [-0.05, 0) is 19.1 Å². The smallest absolute Gasteiger partial charge is 0.318 e. The zero-order chi connectivity index (χ0) is 14.6. The maximum Gasteiger partial charge on any atom is 0.318 e. The van der Waals surface area contributed by atoms with Gasteiger partial charge in [0, 0.05) is 12.1 Å². The van der Waals surface area contributed by atoms with Crippen LogP contribution in [0.4, 0.5) is 0 Å². The highest BCUT2D eigenvalue weighted by Crippen LogP contribution is 2.17. The van der Waals surface area contributed by atoms with Gasteiger partial charge in [0.2, 0.25) is 10.0 Å². The average molecular weight is 285 g/mol. The van der Waals surface area contributed by atoms with Crippen molar-refractivity contribution >= 4 is 21.8 Å². The van der Waals surface area contributed by atoms with Gasteiger partial charge in [-0.15, -0.1) is 0 Å². The Balaban J connectivity index is 3.21. The first-order valence-corrected chi connectivity index (χ1v) is 7.06. The van der Waals surface area contributed by atoms with E-state index in [1.54, 1.807) is 6.92 Å². The minimum atomic E-state index is -3.90. The van der Waals surface area contributed by atoms with Crippen molar-refractivity contribution in [2.45, 2.75) is 18.7 Å². The van der Waals surface area contributed by atoms with E-state index in [4.69, 9.17) is 5.11 Å². The number of likely N-dealkylation sites (N-methyl/N-ethyl adjacent to an activating group) is 1. The number of Topliss-reactive ketones (excluding diaryl/α,β-unsaturated/α-hetero) is 1. The van der Waals surface area contributed by atoms with Crippen LogP contribution in [0.3, 0.4) is 0 Å². The molecule has 0 unspecified atom stereocenters. The van der Waals surface area contributed by atoms with Crippen molar-refractivity contribution in [1.82, 2.24) is 4.31 Å². The number of aliphatic carboxylic acids is 1. The molecule has 1 N–H and O–H groups in total. The highest BCUT2D eigenvalue weighted by atomic mass is 32.2. The fourth-order valence-electron chi connectivity index (χ4n) is 1.54. The van der Waals surface area contributed by atoms with Crippen LogP contribution in [0.1, 0.15) is 24.2 Å². The van der Waals surface area contributed by atoms with E-state index >= 15 is 0 Å². The number of benzene rings is 1. The van der Waals surface area contributed by atoms with Gasteiger partial charge in [-0.3, -0.25) is 9.59 Å². The second-order valence-corrected chi connectivity index (χ2v) is 5.85. The van der Waals surface area contributed by atoms with Gasteiger partial charge in [0.25, 0.3) is 0 Å². The quantitative estimate of drug-likeness (QED) is 0.787. The summed E-state index contributed by atoms with van der Waals surface area (Å²) in [7, 11) is -3.90. The normalized spacial score (nSPS) is 11.5. The Hall–Kier alpha value is -1.73. The van der Waals surface area contributed by atoms with Gasteiger partial charge >= 0.3 is 5.97 Å². The van der Waals surface area contributed by atoms with Crippen molar-refractivity contribution in [2.75, 3.05) is 13.1 Å². The van der Waals surface area contributed by atoms with Crippen molar-refractivity contribution in [2.24, 2.45) is 0 Å². The zero-order valence-electron chi connectivity index (χ0n) is 10.7. The predicted molar refractivity (Wildman–Crippen MR) is 68.5 cm³/mol. The largest absolute Gasteiger partial charge is 0.480 e. The van der Waals surface area contributed by atoms with Crippen LogP contribution in [0.5, 0.6) is 0 Å². The van der Waals surface area contributed by atoms with Gasteiger partial charge in [0.1, 0.15) is 6.54 Å². The van der Waals surface area contributed by atoms with Gasteiger partial charge in [0.05, 0.1) is 4.90 Å². The molecule has 0 aromatic heterocycles. The standard InChI is InChI=1S/C12H15NO5S/c1-3-13(8-12(15)16)19(17,18)11-6-4-5-10(7-11)9(2)14/h4-7H,3,8H2,1-2H3,(H,15,16). The molecule has 0 aliphatic rings. The molecular formula is C12H15NO5S. The number of carbonyl (C=O) groups excluding carboxylic acids is 1. The summed E-state index contributed by atoms with van der Waals surface area (Å²) in [6.45, 7) is 2.32. The van der Waals surface area contributed by atoms with Crippen LogP contribution in [-0.2, 0) is 14.8 Å². The number of carbonyl (C=O) groups is 2. The molecule has 1 aromatic carbocycles. The first-order valence-electron chi connectivity index (χ1n) is 5.62. The van der Waals surface area contributed by atoms with Gasteiger partial charge in [-0.2, -0.15) is 4.31 Å². The topological polar surface area (TPSA) is 91.8 Å². The third kappa shape index (κ3) is 3.62. The van der Waals surface area contributed by atoms with Crippen molar-refractivity contribution < 1.29 is 23.1 Å². The van der Waals surface area contributed by atoms with Crippen LogP contribution in [0, 0.1) is 0 Å². The third-order valence-electron chi connectivity index (χ3n) is 2.54. The summed E-state index contributed by atoms with van der Waals surface area (Å²) in [6.07, 6.45) is 0. The highest BCUT2D eigenvalue weighted by molar-refractivity contribution is 7.89. The molecule has 0 spiro atoms. The predicted octanol–water partition coefficient (Wildman–Crippen LogP) is 0.984. The van der Waals surface area contributed by atoms with Crippen molar-refractivity contribution in [3.63, 3.8) is 0 Å². The summed E-state index contributed by atoms with van der Waals surface area (Å²) in [6, 6.07) is 5.56. The summed E-state index contributed by atoms with van der Waals surface area (Å²) < 4.78 is 25.3. The van der Waals surface area contributed by atoms with Gasteiger partial charge in [-0.1, -0.05) is 19.1 Å².